The van der Waals surface area contributed by atoms with Crippen LogP contribution < -0.4 is 26.4 Å². The van der Waals surface area contributed by atoms with Crippen molar-refractivity contribution in [1.29, 1.82) is 0 Å². The van der Waals surface area contributed by atoms with Crippen LogP contribution in [-0.4, -0.2) is 70.6 Å². The van der Waals surface area contributed by atoms with E-state index in [1.165, 1.54) is 18.2 Å². The Morgan fingerprint density at radius 3 is 2.76 bits per heavy atom. The molecule has 4 rings (SSSR count). The Balaban J connectivity index is 1.27. The lowest BCUT2D eigenvalue weighted by Gasteiger charge is -2.14. The zero-order valence-corrected chi connectivity index (χ0v) is 21.1. The molecule has 1 aliphatic carbocycles. The minimum Gasteiger partial charge on any atom is -0.472 e. The Morgan fingerprint density at radius 2 is 2.05 bits per heavy atom. The molecule has 1 aromatic heterocycles. The van der Waals surface area contributed by atoms with Crippen LogP contribution in [0.1, 0.15) is 58.4 Å². The molecule has 2 heterocycles. The Hall–Kier alpha value is -3.29. The summed E-state index contributed by atoms with van der Waals surface area (Å²) in [6.45, 7) is 2.80. The highest BCUT2D eigenvalue weighted by atomic mass is 32.1. The van der Waals surface area contributed by atoms with E-state index in [4.69, 9.17) is 10.5 Å². The van der Waals surface area contributed by atoms with Gasteiger partial charge in [0.2, 0.25) is 5.88 Å². The van der Waals surface area contributed by atoms with Crippen LogP contribution in [0.15, 0.2) is 18.2 Å². The summed E-state index contributed by atoms with van der Waals surface area (Å²) in [5.41, 5.74) is 5.85. The third kappa shape index (κ3) is 7.60. The maximum Gasteiger partial charge on any atom is 0.319 e. The monoisotopic (exact) mass is 534 g/mol. The number of carbonyl (C=O) groups is 3. The van der Waals surface area contributed by atoms with Gasteiger partial charge in [0.25, 0.3) is 11.8 Å². The molecule has 6 N–H and O–H groups in total. The van der Waals surface area contributed by atoms with Crippen LogP contribution in [0.25, 0.3) is 0 Å². The average Bonchev–Trinajstić information content (AvgIpc) is 3.43. The van der Waals surface area contributed by atoms with Crippen molar-refractivity contribution in [3.63, 3.8) is 0 Å². The standard InChI is InChI=1S/C24H31FN6O5S/c25-18-6-3-14(11-17(18)21(34)28-15-4-5-15)13-36-22-19(20(26)33)23(37-30-22)29-24(35)27-8-1-2-9-31-10-7-16(32)12-31/h3,6,11,15-16,32H,1-2,4-5,7-10,12-13H2,(H2,26,33)(H,28,34)(H2,27,29,35)/t16-/m1/s1. The van der Waals surface area contributed by atoms with Crippen LogP contribution in [0.4, 0.5) is 14.2 Å². The fourth-order valence-corrected chi connectivity index (χ4v) is 4.72. The van der Waals surface area contributed by atoms with Crippen molar-refractivity contribution >= 4 is 34.4 Å². The van der Waals surface area contributed by atoms with Gasteiger partial charge in [-0.05, 0) is 67.9 Å². The molecule has 0 spiro atoms. The molecule has 1 aliphatic heterocycles. The summed E-state index contributed by atoms with van der Waals surface area (Å²) in [4.78, 5) is 38.8. The molecule has 4 amide bonds. The zero-order valence-electron chi connectivity index (χ0n) is 20.3. The second kappa shape index (κ2) is 12.3. The van der Waals surface area contributed by atoms with Crippen molar-refractivity contribution in [3.05, 3.63) is 40.7 Å². The van der Waals surface area contributed by atoms with E-state index in [0.29, 0.717) is 18.7 Å². The Labute approximate surface area is 217 Å². The number of rotatable bonds is 12. The van der Waals surface area contributed by atoms with Crippen LogP contribution in [0.5, 0.6) is 5.88 Å². The first kappa shape index (κ1) is 26.8. The Kier molecular flexibility index (Phi) is 8.90. The Bertz CT molecular complexity index is 1140. The number of aromatic nitrogens is 1. The number of aliphatic hydroxyl groups is 1. The van der Waals surface area contributed by atoms with Crippen LogP contribution in [-0.2, 0) is 6.61 Å². The fourth-order valence-electron chi connectivity index (χ4n) is 3.98. The zero-order chi connectivity index (χ0) is 26.4. The van der Waals surface area contributed by atoms with Gasteiger partial charge in [0.05, 0.1) is 11.7 Å². The highest BCUT2D eigenvalue weighted by Gasteiger charge is 2.26. The number of β-amino-alcohol motifs (C(OH)–C–C–N with tert-alkyl or cyclic N) is 1. The molecule has 1 saturated heterocycles. The van der Waals surface area contributed by atoms with Gasteiger partial charge in [-0.2, -0.15) is 4.37 Å². The lowest BCUT2D eigenvalue weighted by atomic mass is 10.1. The number of unbranched alkanes of at least 4 members (excludes halogenated alkanes) is 1. The molecule has 13 heteroatoms. The number of halogens is 1. The van der Waals surface area contributed by atoms with Crippen LogP contribution in [0.3, 0.4) is 0 Å². The molecule has 1 aromatic carbocycles. The number of hydrogen-bond donors (Lipinski definition) is 5. The smallest absolute Gasteiger partial charge is 0.319 e. The summed E-state index contributed by atoms with van der Waals surface area (Å²) in [6.07, 6.45) is 3.96. The molecule has 0 bridgehead atoms. The van der Waals surface area contributed by atoms with Crippen molar-refractivity contribution in [3.8, 4) is 5.88 Å². The van der Waals surface area contributed by atoms with Gasteiger partial charge >= 0.3 is 6.03 Å². The number of likely N-dealkylation sites (tertiary alicyclic amines) is 1. The van der Waals surface area contributed by atoms with Crippen molar-refractivity contribution in [2.45, 2.75) is 50.9 Å². The van der Waals surface area contributed by atoms with Crippen LogP contribution in [0.2, 0.25) is 0 Å². The second-order valence-electron chi connectivity index (χ2n) is 9.24. The number of carbonyl (C=O) groups excluding carboxylic acids is 3. The molecule has 2 aliphatic rings. The van der Waals surface area contributed by atoms with E-state index in [-0.39, 0.29) is 40.8 Å². The number of nitrogens with zero attached hydrogens (tertiary/aromatic N) is 2. The van der Waals surface area contributed by atoms with E-state index in [1.807, 2.05) is 0 Å². The fraction of sp³-hybridized carbons (Fsp3) is 0.500. The van der Waals surface area contributed by atoms with Gasteiger partial charge < -0.3 is 31.1 Å². The lowest BCUT2D eigenvalue weighted by molar-refractivity contribution is 0.0945. The van der Waals surface area contributed by atoms with Crippen LogP contribution >= 0.6 is 11.5 Å². The minimum absolute atomic E-state index is 0.0612. The third-order valence-corrected chi connectivity index (χ3v) is 6.88. The largest absolute Gasteiger partial charge is 0.472 e. The van der Waals surface area contributed by atoms with Gasteiger partial charge in [-0.25, -0.2) is 9.18 Å². The summed E-state index contributed by atoms with van der Waals surface area (Å²) in [5.74, 6) is -2.01. The summed E-state index contributed by atoms with van der Waals surface area (Å²) >= 11 is 0.851. The van der Waals surface area contributed by atoms with Gasteiger partial charge in [-0.3, -0.25) is 14.9 Å². The van der Waals surface area contributed by atoms with Gasteiger partial charge in [0.1, 0.15) is 23.0 Å². The highest BCUT2D eigenvalue weighted by molar-refractivity contribution is 7.11. The van der Waals surface area contributed by atoms with Gasteiger partial charge in [0, 0.05) is 25.7 Å². The summed E-state index contributed by atoms with van der Waals surface area (Å²) in [7, 11) is 0. The quantitative estimate of drug-likeness (QED) is 0.260. The number of nitrogens with one attached hydrogen (secondary N) is 3. The Morgan fingerprint density at radius 1 is 1.24 bits per heavy atom. The van der Waals surface area contributed by atoms with E-state index < -0.39 is 23.7 Å². The molecule has 2 fully saturated rings. The first-order valence-electron chi connectivity index (χ1n) is 12.3. The number of nitrogens with two attached hydrogens (primary N) is 1. The highest BCUT2D eigenvalue weighted by Crippen LogP contribution is 2.31. The van der Waals surface area contributed by atoms with E-state index in [9.17, 15) is 23.9 Å². The topological polar surface area (TPSA) is 159 Å². The summed E-state index contributed by atoms with van der Waals surface area (Å²) in [5, 5.41) is 17.8. The van der Waals surface area contributed by atoms with E-state index in [1.54, 1.807) is 0 Å². The third-order valence-electron chi connectivity index (χ3n) is 6.13. The number of primary amides is 1. The molecular weight excluding hydrogens is 503 g/mol. The van der Waals surface area contributed by atoms with Crippen molar-refractivity contribution < 1.29 is 28.6 Å². The number of amides is 4. The summed E-state index contributed by atoms with van der Waals surface area (Å²) < 4.78 is 23.9. The normalized spacial score (nSPS) is 17.4. The number of anilines is 1. The van der Waals surface area contributed by atoms with Gasteiger partial charge in [-0.1, -0.05) is 6.07 Å². The van der Waals surface area contributed by atoms with Crippen molar-refractivity contribution in [2.75, 3.05) is 31.5 Å². The van der Waals surface area contributed by atoms with E-state index in [2.05, 4.69) is 25.2 Å². The predicted octanol–water partition coefficient (Wildman–Crippen LogP) is 1.82. The minimum atomic E-state index is -0.824. The maximum atomic E-state index is 14.1. The lowest BCUT2D eigenvalue weighted by Crippen LogP contribution is -2.31. The molecule has 11 nitrogen and oxygen atoms in total. The molecular formula is C24H31FN6O5S. The molecule has 200 valence electrons. The molecule has 0 radical (unpaired) electrons. The molecule has 37 heavy (non-hydrogen) atoms. The number of ether oxygens (including phenoxy) is 1. The number of benzene rings is 1. The average molecular weight is 535 g/mol. The second-order valence-corrected chi connectivity index (χ2v) is 10.0. The summed E-state index contributed by atoms with van der Waals surface area (Å²) in [6, 6.07) is 3.63. The SMILES string of the molecule is NC(=O)c1c(OCc2ccc(F)c(C(=O)NC3CC3)c2)nsc1NC(=O)NCCCCN1CC[C@@H](O)C1. The van der Waals surface area contributed by atoms with Gasteiger partial charge in [0.15, 0.2) is 0 Å². The molecule has 0 unspecified atom stereocenters. The number of hydrogen-bond acceptors (Lipinski definition) is 8. The number of aliphatic hydroxyl groups excluding tert-OH is 1. The first-order chi connectivity index (χ1) is 17.8. The maximum absolute atomic E-state index is 14.1. The predicted molar refractivity (Wildman–Crippen MR) is 135 cm³/mol. The van der Waals surface area contributed by atoms with Crippen molar-refractivity contribution in [1.82, 2.24) is 19.9 Å². The van der Waals surface area contributed by atoms with Gasteiger partial charge in [-0.15, -0.1) is 0 Å². The molecule has 1 atom stereocenters. The molecule has 2 aromatic rings. The molecule has 1 saturated carbocycles. The first-order valence-corrected chi connectivity index (χ1v) is 13.0. The van der Waals surface area contributed by atoms with Crippen LogP contribution in [0, 0.1) is 5.82 Å². The number of urea groups is 1. The van der Waals surface area contributed by atoms with E-state index >= 15 is 0 Å². The van der Waals surface area contributed by atoms with E-state index in [0.717, 1.165) is 56.7 Å². The van der Waals surface area contributed by atoms with Crippen molar-refractivity contribution in [2.24, 2.45) is 5.73 Å².